The third-order valence-electron chi connectivity index (χ3n) is 2.93. The molecule has 1 aromatic carbocycles. The van der Waals surface area contributed by atoms with E-state index in [2.05, 4.69) is 17.3 Å². The number of rotatable bonds is 5. The van der Waals surface area contributed by atoms with Crippen LogP contribution < -0.4 is 10.1 Å². The van der Waals surface area contributed by atoms with Crippen molar-refractivity contribution in [2.24, 2.45) is 0 Å². The molecule has 1 amide bonds. The second-order valence-corrected chi connectivity index (χ2v) is 4.55. The van der Waals surface area contributed by atoms with Gasteiger partial charge in [0.1, 0.15) is 11.6 Å². The summed E-state index contributed by atoms with van der Waals surface area (Å²) < 4.78 is 7.01. The maximum atomic E-state index is 12.3. The Morgan fingerprint density at radius 2 is 2.15 bits per heavy atom. The summed E-state index contributed by atoms with van der Waals surface area (Å²) in [6.45, 7) is 4.75. The van der Waals surface area contributed by atoms with Crippen LogP contribution in [0, 0.1) is 6.92 Å². The van der Waals surface area contributed by atoms with Crippen LogP contribution >= 0.6 is 0 Å². The number of methoxy groups -OCH3 is 1. The first-order valence-electron chi connectivity index (χ1n) is 6.64. The molecule has 20 heavy (non-hydrogen) atoms. The molecule has 1 N–H and O–H groups in total. The van der Waals surface area contributed by atoms with Crippen LogP contribution in [-0.4, -0.2) is 22.8 Å². The Bertz CT molecular complexity index is 605. The number of aryl methyl sites for hydroxylation is 2. The zero-order chi connectivity index (χ0) is 14.5. The van der Waals surface area contributed by atoms with E-state index in [1.54, 1.807) is 19.2 Å². The highest BCUT2D eigenvalue weighted by molar-refractivity contribution is 6.05. The van der Waals surface area contributed by atoms with Crippen molar-refractivity contribution in [2.75, 3.05) is 12.4 Å². The molecule has 0 bridgehead atoms. The average molecular weight is 273 g/mol. The number of hydrogen-bond acceptors (Lipinski definition) is 3. The van der Waals surface area contributed by atoms with Crippen molar-refractivity contribution in [1.29, 1.82) is 0 Å². The molecule has 1 aromatic heterocycles. The summed E-state index contributed by atoms with van der Waals surface area (Å²) in [5, 5.41) is 7.25. The Morgan fingerprint density at radius 1 is 1.40 bits per heavy atom. The van der Waals surface area contributed by atoms with Gasteiger partial charge in [-0.1, -0.05) is 19.1 Å². The third kappa shape index (κ3) is 2.99. The Morgan fingerprint density at radius 3 is 2.85 bits per heavy atom. The van der Waals surface area contributed by atoms with E-state index in [0.717, 1.165) is 18.7 Å². The van der Waals surface area contributed by atoms with Crippen molar-refractivity contribution in [3.63, 3.8) is 0 Å². The van der Waals surface area contributed by atoms with E-state index in [9.17, 15) is 4.79 Å². The molecule has 0 aliphatic rings. The number of ether oxygens (including phenoxy) is 1. The zero-order valence-electron chi connectivity index (χ0n) is 12.0. The fourth-order valence-electron chi connectivity index (χ4n) is 2.04. The predicted octanol–water partition coefficient (Wildman–Crippen LogP) is 2.86. The summed E-state index contributed by atoms with van der Waals surface area (Å²) in [6.07, 6.45) is 0.957. The molecule has 0 radical (unpaired) electrons. The van der Waals surface area contributed by atoms with Crippen molar-refractivity contribution in [3.05, 3.63) is 41.6 Å². The number of hydrogen-bond donors (Lipinski definition) is 1. The van der Waals surface area contributed by atoms with E-state index >= 15 is 0 Å². The van der Waals surface area contributed by atoms with Gasteiger partial charge in [-0.05, 0) is 25.5 Å². The normalized spacial score (nSPS) is 10.3. The summed E-state index contributed by atoms with van der Waals surface area (Å²) >= 11 is 0. The molecular weight excluding hydrogens is 254 g/mol. The van der Waals surface area contributed by atoms with Crippen LogP contribution in [0.15, 0.2) is 30.3 Å². The lowest BCUT2D eigenvalue weighted by atomic mass is 10.2. The first kappa shape index (κ1) is 14.1. The van der Waals surface area contributed by atoms with Gasteiger partial charge in [0, 0.05) is 12.6 Å². The number of carbonyl (C=O) groups is 1. The lowest BCUT2D eigenvalue weighted by Crippen LogP contribution is -2.16. The highest BCUT2D eigenvalue weighted by Crippen LogP contribution is 2.19. The first-order valence-corrected chi connectivity index (χ1v) is 6.64. The van der Waals surface area contributed by atoms with Crippen LogP contribution in [0.1, 0.15) is 29.4 Å². The van der Waals surface area contributed by atoms with E-state index in [1.807, 2.05) is 29.8 Å². The van der Waals surface area contributed by atoms with Crippen LogP contribution in [0.2, 0.25) is 0 Å². The molecule has 5 heteroatoms. The number of amides is 1. The molecule has 0 aliphatic carbocycles. The largest absolute Gasteiger partial charge is 0.496 e. The molecule has 5 nitrogen and oxygen atoms in total. The molecule has 2 rings (SSSR count). The van der Waals surface area contributed by atoms with Crippen molar-refractivity contribution in [2.45, 2.75) is 26.8 Å². The number of para-hydroxylation sites is 1. The minimum Gasteiger partial charge on any atom is -0.496 e. The third-order valence-corrected chi connectivity index (χ3v) is 2.93. The van der Waals surface area contributed by atoms with Gasteiger partial charge in [0.2, 0.25) is 0 Å². The maximum Gasteiger partial charge on any atom is 0.260 e. The van der Waals surface area contributed by atoms with Gasteiger partial charge in [-0.25, -0.2) is 4.68 Å². The molecule has 0 atom stereocenters. The quantitative estimate of drug-likeness (QED) is 0.911. The lowest BCUT2D eigenvalue weighted by Gasteiger charge is -2.10. The van der Waals surface area contributed by atoms with Gasteiger partial charge in [-0.15, -0.1) is 0 Å². The van der Waals surface area contributed by atoms with Crippen LogP contribution in [0.4, 0.5) is 5.82 Å². The summed E-state index contributed by atoms with van der Waals surface area (Å²) in [5.41, 5.74) is 1.39. The zero-order valence-corrected chi connectivity index (χ0v) is 12.0. The van der Waals surface area contributed by atoms with E-state index < -0.39 is 0 Å². The van der Waals surface area contributed by atoms with Crippen molar-refractivity contribution in [1.82, 2.24) is 9.78 Å². The average Bonchev–Trinajstić information content (AvgIpc) is 2.79. The van der Waals surface area contributed by atoms with Crippen LogP contribution in [0.5, 0.6) is 5.75 Å². The Kier molecular flexibility index (Phi) is 4.40. The first-order chi connectivity index (χ1) is 9.65. The number of nitrogens with one attached hydrogen (secondary N) is 1. The highest BCUT2D eigenvalue weighted by Gasteiger charge is 2.14. The number of nitrogens with zero attached hydrogens (tertiary/aromatic N) is 2. The van der Waals surface area contributed by atoms with Gasteiger partial charge >= 0.3 is 0 Å². The summed E-state index contributed by atoms with van der Waals surface area (Å²) in [5.74, 6) is 1.07. The molecule has 0 fully saturated rings. The van der Waals surface area contributed by atoms with Gasteiger partial charge < -0.3 is 10.1 Å². The van der Waals surface area contributed by atoms with Crippen molar-refractivity contribution < 1.29 is 9.53 Å². The van der Waals surface area contributed by atoms with Gasteiger partial charge in [0.05, 0.1) is 18.4 Å². The standard InChI is InChI=1S/C15H19N3O2/c1-4-9-18-14(10-11(2)17-18)16-15(19)12-7-5-6-8-13(12)20-3/h5-8,10H,4,9H2,1-3H3,(H,16,19). The van der Waals surface area contributed by atoms with E-state index in [-0.39, 0.29) is 5.91 Å². The van der Waals surface area contributed by atoms with Gasteiger partial charge in [0.25, 0.3) is 5.91 Å². The monoisotopic (exact) mass is 273 g/mol. The van der Waals surface area contributed by atoms with Crippen molar-refractivity contribution >= 4 is 11.7 Å². The molecular formula is C15H19N3O2. The van der Waals surface area contributed by atoms with Crippen LogP contribution in [0.3, 0.4) is 0 Å². The smallest absolute Gasteiger partial charge is 0.260 e. The summed E-state index contributed by atoms with van der Waals surface area (Å²) in [7, 11) is 1.55. The molecule has 0 unspecified atom stereocenters. The van der Waals surface area contributed by atoms with E-state index in [4.69, 9.17) is 4.74 Å². The number of anilines is 1. The fraction of sp³-hybridized carbons (Fsp3) is 0.333. The molecule has 0 saturated heterocycles. The molecule has 0 spiro atoms. The van der Waals surface area contributed by atoms with Gasteiger partial charge in [-0.3, -0.25) is 4.79 Å². The number of benzene rings is 1. The highest BCUT2D eigenvalue weighted by atomic mass is 16.5. The topological polar surface area (TPSA) is 56.2 Å². The van der Waals surface area contributed by atoms with E-state index in [1.165, 1.54) is 0 Å². The second kappa shape index (κ2) is 6.23. The predicted molar refractivity (Wildman–Crippen MR) is 78.2 cm³/mol. The second-order valence-electron chi connectivity index (χ2n) is 4.55. The molecule has 0 saturated carbocycles. The Hall–Kier alpha value is -2.30. The fourth-order valence-corrected chi connectivity index (χ4v) is 2.04. The summed E-state index contributed by atoms with van der Waals surface area (Å²) in [6, 6.07) is 9.02. The SMILES string of the molecule is CCCn1nc(C)cc1NC(=O)c1ccccc1OC. The van der Waals surface area contributed by atoms with Crippen LogP contribution in [0.25, 0.3) is 0 Å². The van der Waals surface area contributed by atoms with Gasteiger partial charge in [-0.2, -0.15) is 5.10 Å². The van der Waals surface area contributed by atoms with E-state index in [0.29, 0.717) is 17.1 Å². The number of aromatic nitrogens is 2. The van der Waals surface area contributed by atoms with Crippen LogP contribution in [-0.2, 0) is 6.54 Å². The van der Waals surface area contributed by atoms with Crippen molar-refractivity contribution in [3.8, 4) is 5.75 Å². The minimum absolute atomic E-state index is 0.195. The maximum absolute atomic E-state index is 12.3. The molecule has 106 valence electrons. The summed E-state index contributed by atoms with van der Waals surface area (Å²) in [4.78, 5) is 12.3. The minimum atomic E-state index is -0.195. The number of carbonyl (C=O) groups excluding carboxylic acids is 1. The Balaban J connectivity index is 2.23. The van der Waals surface area contributed by atoms with Gasteiger partial charge in [0.15, 0.2) is 0 Å². The Labute approximate surface area is 118 Å². The molecule has 2 aromatic rings. The molecule has 1 heterocycles. The lowest BCUT2D eigenvalue weighted by molar-refractivity contribution is 0.102. The molecule has 0 aliphatic heterocycles.